The molecule has 0 N–H and O–H groups in total. The van der Waals surface area contributed by atoms with Crippen molar-refractivity contribution in [2.75, 3.05) is 0 Å². The molecule has 0 amide bonds. The smallest absolute Gasteiger partial charge is 0.0140 e. The minimum atomic E-state index is 0.548. The summed E-state index contributed by atoms with van der Waals surface area (Å²) in [5, 5.41) is 2.63. The quantitative estimate of drug-likeness (QED) is 0.663. The normalized spacial score (nSPS) is 11.6. The van der Waals surface area contributed by atoms with Gasteiger partial charge in [0.2, 0.25) is 0 Å². The third-order valence-corrected chi connectivity index (χ3v) is 3.10. The molecule has 2 aromatic carbocycles. The summed E-state index contributed by atoms with van der Waals surface area (Å²) >= 11 is 0. The van der Waals surface area contributed by atoms with Crippen LogP contribution in [0.4, 0.5) is 0 Å². The van der Waals surface area contributed by atoms with Crippen molar-refractivity contribution in [3.8, 4) is 0 Å². The van der Waals surface area contributed by atoms with Gasteiger partial charge in [0, 0.05) is 0 Å². The Hall–Kier alpha value is -1.30. The van der Waals surface area contributed by atoms with E-state index in [-0.39, 0.29) is 0 Å². The molecule has 16 heavy (non-hydrogen) atoms. The van der Waals surface area contributed by atoms with E-state index in [9.17, 15) is 0 Å². The van der Waals surface area contributed by atoms with Gasteiger partial charge in [0.05, 0.1) is 0 Å². The van der Waals surface area contributed by atoms with E-state index in [1.54, 1.807) is 0 Å². The molecule has 1 radical (unpaired) electrons. The average Bonchev–Trinajstić information content (AvgIpc) is 2.27. The van der Waals surface area contributed by atoms with Gasteiger partial charge in [-0.15, -0.1) is 0 Å². The molecular weight excluding hydrogens is 192 g/mol. The first-order valence-electron chi connectivity index (χ1n) is 6.03. The minimum absolute atomic E-state index is 0.548. The first-order chi connectivity index (χ1) is 7.58. The van der Waals surface area contributed by atoms with Gasteiger partial charge in [-0.05, 0) is 45.9 Å². The zero-order valence-corrected chi connectivity index (χ0v) is 10.5. The molecular formula is C16H19. The lowest BCUT2D eigenvalue weighted by Gasteiger charge is -2.09. The lowest BCUT2D eigenvalue weighted by molar-refractivity contribution is 0.863. The fourth-order valence-electron chi connectivity index (χ4n) is 1.91. The van der Waals surface area contributed by atoms with Crippen LogP contribution in [-0.2, 0) is 0 Å². The third-order valence-electron chi connectivity index (χ3n) is 3.10. The molecule has 0 aliphatic heterocycles. The van der Waals surface area contributed by atoms with Crippen molar-refractivity contribution in [3.63, 3.8) is 0 Å². The van der Waals surface area contributed by atoms with E-state index in [0.29, 0.717) is 11.8 Å². The van der Waals surface area contributed by atoms with Crippen molar-refractivity contribution in [2.24, 2.45) is 0 Å². The molecule has 0 nitrogen and oxygen atoms in total. The van der Waals surface area contributed by atoms with Crippen molar-refractivity contribution in [1.29, 1.82) is 0 Å². The van der Waals surface area contributed by atoms with Crippen LogP contribution in [0.15, 0.2) is 30.3 Å². The van der Waals surface area contributed by atoms with E-state index in [1.165, 1.54) is 21.9 Å². The summed E-state index contributed by atoms with van der Waals surface area (Å²) in [7, 11) is 0. The van der Waals surface area contributed by atoms with Crippen molar-refractivity contribution >= 4 is 10.8 Å². The van der Waals surface area contributed by atoms with Gasteiger partial charge in [-0.3, -0.25) is 0 Å². The highest BCUT2D eigenvalue weighted by Crippen LogP contribution is 2.24. The van der Waals surface area contributed by atoms with Crippen LogP contribution in [0, 0.1) is 6.07 Å². The van der Waals surface area contributed by atoms with Crippen molar-refractivity contribution in [1.82, 2.24) is 0 Å². The molecule has 0 aliphatic rings. The largest absolute Gasteiger partial charge is 0.0587 e. The van der Waals surface area contributed by atoms with Gasteiger partial charge in [0.15, 0.2) is 0 Å². The summed E-state index contributed by atoms with van der Waals surface area (Å²) in [5.74, 6) is 1.14. The molecule has 0 saturated heterocycles. The highest BCUT2D eigenvalue weighted by molar-refractivity contribution is 5.83. The first-order valence-corrected chi connectivity index (χ1v) is 6.03. The molecule has 2 rings (SSSR count). The van der Waals surface area contributed by atoms with Gasteiger partial charge in [-0.2, -0.15) is 0 Å². The summed E-state index contributed by atoms with van der Waals surface area (Å²) in [6, 6.07) is 14.5. The number of hydrogen-bond acceptors (Lipinski definition) is 0. The summed E-state index contributed by atoms with van der Waals surface area (Å²) < 4.78 is 0. The predicted molar refractivity (Wildman–Crippen MR) is 71.0 cm³/mol. The van der Waals surface area contributed by atoms with Crippen LogP contribution in [0.1, 0.15) is 50.7 Å². The maximum Gasteiger partial charge on any atom is -0.0140 e. The molecule has 83 valence electrons. The van der Waals surface area contributed by atoms with Crippen LogP contribution < -0.4 is 0 Å². The fourth-order valence-corrected chi connectivity index (χ4v) is 1.91. The second-order valence-electron chi connectivity index (χ2n) is 5.09. The number of hydrogen-bond donors (Lipinski definition) is 0. The lowest BCUT2D eigenvalue weighted by Crippen LogP contribution is -1.90. The zero-order valence-electron chi connectivity index (χ0n) is 10.5. The van der Waals surface area contributed by atoms with E-state index in [2.05, 4.69) is 64.1 Å². The predicted octanol–water partition coefficient (Wildman–Crippen LogP) is 4.89. The Balaban J connectivity index is 2.56. The monoisotopic (exact) mass is 211 g/mol. The van der Waals surface area contributed by atoms with Gasteiger partial charge >= 0.3 is 0 Å². The van der Waals surface area contributed by atoms with E-state index in [0.717, 1.165) is 0 Å². The summed E-state index contributed by atoms with van der Waals surface area (Å²) in [6.45, 7) is 8.90. The van der Waals surface area contributed by atoms with Crippen molar-refractivity contribution < 1.29 is 0 Å². The Kier molecular flexibility index (Phi) is 3.00. The van der Waals surface area contributed by atoms with E-state index >= 15 is 0 Å². The minimum Gasteiger partial charge on any atom is -0.0587 e. The molecule has 0 spiro atoms. The molecule has 0 aromatic heterocycles. The van der Waals surface area contributed by atoms with Crippen LogP contribution in [0.5, 0.6) is 0 Å². The van der Waals surface area contributed by atoms with Gasteiger partial charge in [-0.1, -0.05) is 52.0 Å². The summed E-state index contributed by atoms with van der Waals surface area (Å²) in [5.41, 5.74) is 2.71. The Morgan fingerprint density at radius 3 is 2.25 bits per heavy atom. The molecule has 0 aliphatic carbocycles. The molecule has 0 fully saturated rings. The van der Waals surface area contributed by atoms with Crippen LogP contribution in [0.2, 0.25) is 0 Å². The van der Waals surface area contributed by atoms with Crippen LogP contribution >= 0.6 is 0 Å². The van der Waals surface area contributed by atoms with Crippen molar-refractivity contribution in [3.05, 3.63) is 47.5 Å². The number of rotatable bonds is 2. The Morgan fingerprint density at radius 2 is 1.62 bits per heavy atom. The molecule has 2 aromatic rings. The van der Waals surface area contributed by atoms with Crippen LogP contribution in [0.3, 0.4) is 0 Å². The fraction of sp³-hybridized carbons (Fsp3) is 0.375. The lowest BCUT2D eigenvalue weighted by atomic mass is 9.95. The molecule has 0 bridgehead atoms. The zero-order chi connectivity index (χ0) is 11.7. The standard InChI is InChI=1S/C16H19/c1-11(2)14-7-5-13-6-8-15(12(3)4)10-16(13)9-14/h5-7,9-12H,1-4H3. The Bertz CT molecular complexity index is 450. The van der Waals surface area contributed by atoms with Crippen LogP contribution in [0.25, 0.3) is 10.8 Å². The van der Waals surface area contributed by atoms with E-state index in [1.807, 2.05) is 0 Å². The highest BCUT2D eigenvalue weighted by Gasteiger charge is 2.03. The third kappa shape index (κ3) is 2.11. The maximum atomic E-state index is 3.36. The average molecular weight is 211 g/mol. The van der Waals surface area contributed by atoms with Gasteiger partial charge in [-0.25, -0.2) is 0 Å². The van der Waals surface area contributed by atoms with Crippen LogP contribution in [-0.4, -0.2) is 0 Å². The molecule has 0 unspecified atom stereocenters. The molecule has 0 heterocycles. The SMILES string of the molecule is CC(C)c1[c]cc2ccc(C(C)C)cc2c1. The summed E-state index contributed by atoms with van der Waals surface area (Å²) in [6.07, 6.45) is 0. The second-order valence-corrected chi connectivity index (χ2v) is 5.09. The maximum absolute atomic E-state index is 3.36. The van der Waals surface area contributed by atoms with Crippen molar-refractivity contribution in [2.45, 2.75) is 39.5 Å². The van der Waals surface area contributed by atoms with E-state index < -0.39 is 0 Å². The molecule has 0 atom stereocenters. The Labute approximate surface area is 98.3 Å². The summed E-state index contributed by atoms with van der Waals surface area (Å²) in [4.78, 5) is 0. The highest BCUT2D eigenvalue weighted by atomic mass is 14.1. The van der Waals surface area contributed by atoms with E-state index in [4.69, 9.17) is 0 Å². The van der Waals surface area contributed by atoms with Gasteiger partial charge < -0.3 is 0 Å². The second kappa shape index (κ2) is 4.29. The van der Waals surface area contributed by atoms with Gasteiger partial charge in [0.1, 0.15) is 0 Å². The first kappa shape index (κ1) is 11.2. The number of fused-ring (bicyclic) bond motifs is 1. The Morgan fingerprint density at radius 1 is 0.875 bits per heavy atom. The van der Waals surface area contributed by atoms with Gasteiger partial charge in [0.25, 0.3) is 0 Å². The molecule has 0 heteroatoms. The number of benzene rings is 2. The topological polar surface area (TPSA) is 0 Å². The molecule has 0 saturated carbocycles.